The smallest absolute Gasteiger partial charge is 0.305 e. The molecule has 1 radical (unpaired) electrons. The molecule has 0 aliphatic heterocycles. The van der Waals surface area contributed by atoms with Crippen molar-refractivity contribution < 1.29 is 43.9 Å². The minimum atomic E-state index is -0.914. The van der Waals surface area contributed by atoms with Crippen LogP contribution in [0.2, 0.25) is 0 Å². The van der Waals surface area contributed by atoms with Gasteiger partial charge in [0, 0.05) is 19.8 Å². The van der Waals surface area contributed by atoms with Crippen LogP contribution < -0.4 is 0 Å². The molecule has 0 aromatic rings. The molecule has 0 aromatic carbocycles. The van der Waals surface area contributed by atoms with E-state index in [4.69, 9.17) is 29.5 Å². The summed E-state index contributed by atoms with van der Waals surface area (Å²) in [6.07, 6.45) is 1.70. The lowest BCUT2D eigenvalue weighted by molar-refractivity contribution is -0.139. The molecule has 0 saturated heterocycles. The second-order valence-corrected chi connectivity index (χ2v) is 5.27. The van der Waals surface area contributed by atoms with Crippen LogP contribution >= 0.6 is 0 Å². The zero-order valence-electron chi connectivity index (χ0n) is 14.3. The SMILES string of the molecule is O=C(O)CCOCC[C](CCOCCC(=O)O)CCOCCC(=O)O. The van der Waals surface area contributed by atoms with E-state index < -0.39 is 17.9 Å². The van der Waals surface area contributed by atoms with Gasteiger partial charge in [-0.3, -0.25) is 14.4 Å². The topological polar surface area (TPSA) is 140 Å². The molecule has 25 heavy (non-hydrogen) atoms. The summed E-state index contributed by atoms with van der Waals surface area (Å²) in [7, 11) is 0. The maximum atomic E-state index is 10.4. The average molecular weight is 363 g/mol. The van der Waals surface area contributed by atoms with Crippen LogP contribution in [0, 0.1) is 5.92 Å². The fraction of sp³-hybridized carbons (Fsp3) is 0.750. The standard InChI is InChI=1S/C16H27O9/c17-14(18)4-10-23-7-1-13(2-8-24-11-5-15(19)20)3-9-25-12-6-16(21)22/h1-12H2,(H,17,18)(H,19,20)(H,21,22). The van der Waals surface area contributed by atoms with Gasteiger partial charge < -0.3 is 29.5 Å². The maximum Gasteiger partial charge on any atom is 0.305 e. The van der Waals surface area contributed by atoms with E-state index in [1.54, 1.807) is 0 Å². The number of rotatable bonds is 18. The van der Waals surface area contributed by atoms with Crippen LogP contribution in [-0.4, -0.2) is 72.9 Å². The van der Waals surface area contributed by atoms with Crippen molar-refractivity contribution in [1.82, 2.24) is 0 Å². The van der Waals surface area contributed by atoms with Crippen molar-refractivity contribution in [3.05, 3.63) is 5.92 Å². The number of aliphatic carboxylic acids is 3. The van der Waals surface area contributed by atoms with E-state index in [0.29, 0.717) is 39.1 Å². The Bertz CT molecular complexity index is 327. The summed E-state index contributed by atoms with van der Waals surface area (Å²) in [4.78, 5) is 31.2. The van der Waals surface area contributed by atoms with Gasteiger partial charge in [0.15, 0.2) is 0 Å². The minimum absolute atomic E-state index is 0.0497. The lowest BCUT2D eigenvalue weighted by atomic mass is 9.99. The molecule has 0 spiro atoms. The van der Waals surface area contributed by atoms with Gasteiger partial charge in [-0.25, -0.2) is 0 Å². The van der Waals surface area contributed by atoms with Crippen molar-refractivity contribution in [2.24, 2.45) is 0 Å². The molecule has 0 aliphatic carbocycles. The van der Waals surface area contributed by atoms with E-state index in [0.717, 1.165) is 5.92 Å². The quantitative estimate of drug-likeness (QED) is 0.306. The predicted molar refractivity (Wildman–Crippen MR) is 86.3 cm³/mol. The molecular weight excluding hydrogens is 336 g/mol. The third-order valence-electron chi connectivity index (χ3n) is 3.18. The normalized spacial score (nSPS) is 10.9. The molecule has 0 fully saturated rings. The average Bonchev–Trinajstić information content (AvgIpc) is 2.52. The predicted octanol–water partition coefficient (Wildman–Crippen LogP) is 1.21. The summed E-state index contributed by atoms with van der Waals surface area (Å²) in [5.41, 5.74) is 0. The van der Waals surface area contributed by atoms with Gasteiger partial charge in [-0.15, -0.1) is 0 Å². The molecule has 0 unspecified atom stereocenters. The highest BCUT2D eigenvalue weighted by Gasteiger charge is 2.11. The molecule has 0 amide bonds. The van der Waals surface area contributed by atoms with Gasteiger partial charge >= 0.3 is 17.9 Å². The molecule has 0 heterocycles. The summed E-state index contributed by atoms with van der Waals surface area (Å²) in [5, 5.41) is 25.6. The molecule has 0 saturated carbocycles. The molecule has 0 rings (SSSR count). The second-order valence-electron chi connectivity index (χ2n) is 5.27. The summed E-state index contributed by atoms with van der Waals surface area (Å²) in [5.74, 6) is -1.66. The van der Waals surface area contributed by atoms with E-state index >= 15 is 0 Å². The highest BCUT2D eigenvalue weighted by Crippen LogP contribution is 2.17. The molecule has 3 N–H and O–H groups in total. The van der Waals surface area contributed by atoms with Crippen molar-refractivity contribution in [2.75, 3.05) is 39.6 Å². The van der Waals surface area contributed by atoms with Crippen LogP contribution in [0.5, 0.6) is 0 Å². The lowest BCUT2D eigenvalue weighted by Gasteiger charge is -2.16. The highest BCUT2D eigenvalue weighted by atomic mass is 16.5. The molecule has 145 valence electrons. The van der Waals surface area contributed by atoms with Crippen LogP contribution in [0.15, 0.2) is 0 Å². The Morgan fingerprint density at radius 2 is 0.720 bits per heavy atom. The summed E-state index contributed by atoms with van der Waals surface area (Å²) >= 11 is 0. The lowest BCUT2D eigenvalue weighted by Crippen LogP contribution is -2.13. The largest absolute Gasteiger partial charge is 0.481 e. The van der Waals surface area contributed by atoms with E-state index in [9.17, 15) is 14.4 Å². The summed E-state index contributed by atoms with van der Waals surface area (Å²) < 4.78 is 15.8. The van der Waals surface area contributed by atoms with Crippen molar-refractivity contribution in [3.8, 4) is 0 Å². The van der Waals surface area contributed by atoms with Crippen LogP contribution in [0.25, 0.3) is 0 Å². The number of carboxylic acid groups (broad SMARTS) is 3. The van der Waals surface area contributed by atoms with Gasteiger partial charge in [0.1, 0.15) is 0 Å². The van der Waals surface area contributed by atoms with Gasteiger partial charge in [-0.1, -0.05) is 0 Å². The number of carboxylic acids is 3. The van der Waals surface area contributed by atoms with Crippen LogP contribution in [0.1, 0.15) is 38.5 Å². The molecule has 0 atom stereocenters. The Hall–Kier alpha value is -1.71. The zero-order chi connectivity index (χ0) is 18.9. The van der Waals surface area contributed by atoms with Crippen LogP contribution in [0.3, 0.4) is 0 Å². The third-order valence-corrected chi connectivity index (χ3v) is 3.18. The van der Waals surface area contributed by atoms with Gasteiger partial charge in [0.25, 0.3) is 0 Å². The van der Waals surface area contributed by atoms with E-state index in [-0.39, 0.29) is 39.1 Å². The van der Waals surface area contributed by atoms with E-state index in [1.807, 2.05) is 0 Å². The number of hydrogen-bond donors (Lipinski definition) is 3. The maximum absolute atomic E-state index is 10.4. The van der Waals surface area contributed by atoms with E-state index in [1.165, 1.54) is 0 Å². The first kappa shape index (κ1) is 23.3. The molecule has 9 heteroatoms. The molecular formula is C16H27O9. The van der Waals surface area contributed by atoms with Gasteiger partial charge in [0.05, 0.1) is 39.1 Å². The first-order valence-electron chi connectivity index (χ1n) is 8.14. The summed E-state index contributed by atoms with van der Waals surface area (Å²) in [6.45, 7) is 1.58. The van der Waals surface area contributed by atoms with Gasteiger partial charge in [0.2, 0.25) is 0 Å². The Labute approximate surface area is 146 Å². The number of carbonyl (C=O) groups is 3. The minimum Gasteiger partial charge on any atom is -0.481 e. The Morgan fingerprint density at radius 1 is 0.480 bits per heavy atom. The fourth-order valence-electron chi connectivity index (χ4n) is 1.81. The first-order valence-corrected chi connectivity index (χ1v) is 8.14. The summed E-state index contributed by atoms with van der Waals surface area (Å²) in [6, 6.07) is 0. The number of hydrogen-bond acceptors (Lipinski definition) is 6. The van der Waals surface area contributed by atoms with E-state index in [2.05, 4.69) is 0 Å². The molecule has 0 aliphatic rings. The second kappa shape index (κ2) is 15.8. The first-order chi connectivity index (χ1) is 11.9. The fourth-order valence-corrected chi connectivity index (χ4v) is 1.81. The van der Waals surface area contributed by atoms with Crippen molar-refractivity contribution >= 4 is 17.9 Å². The van der Waals surface area contributed by atoms with Crippen molar-refractivity contribution in [2.45, 2.75) is 38.5 Å². The highest BCUT2D eigenvalue weighted by molar-refractivity contribution is 5.67. The van der Waals surface area contributed by atoms with Crippen LogP contribution in [0.4, 0.5) is 0 Å². The molecule has 9 nitrogen and oxygen atoms in total. The van der Waals surface area contributed by atoms with Crippen molar-refractivity contribution in [1.29, 1.82) is 0 Å². The van der Waals surface area contributed by atoms with Crippen molar-refractivity contribution in [3.63, 3.8) is 0 Å². The van der Waals surface area contributed by atoms with Gasteiger partial charge in [-0.2, -0.15) is 0 Å². The zero-order valence-corrected chi connectivity index (χ0v) is 14.3. The third kappa shape index (κ3) is 18.5. The Kier molecular flexibility index (Phi) is 14.7. The van der Waals surface area contributed by atoms with Crippen LogP contribution in [-0.2, 0) is 28.6 Å². The Balaban J connectivity index is 3.92. The van der Waals surface area contributed by atoms with Gasteiger partial charge in [-0.05, 0) is 25.2 Å². The molecule has 0 bridgehead atoms. The Morgan fingerprint density at radius 3 is 0.960 bits per heavy atom. The number of ether oxygens (including phenoxy) is 3. The monoisotopic (exact) mass is 363 g/mol. The molecule has 0 aromatic heterocycles.